The van der Waals surface area contributed by atoms with Crippen molar-refractivity contribution < 1.29 is 19.1 Å². The van der Waals surface area contributed by atoms with Crippen molar-refractivity contribution in [3.05, 3.63) is 34.3 Å². The van der Waals surface area contributed by atoms with E-state index in [2.05, 4.69) is 33.2 Å². The van der Waals surface area contributed by atoms with E-state index >= 15 is 0 Å². The van der Waals surface area contributed by atoms with Gasteiger partial charge in [0.15, 0.2) is 0 Å². The number of rotatable bonds is 4. The average Bonchev–Trinajstić information content (AvgIpc) is 3.45. The molecular weight excluding hydrogens is 412 g/mol. The molecule has 2 bridgehead atoms. The van der Waals surface area contributed by atoms with Gasteiger partial charge in [0.25, 0.3) is 11.8 Å². The van der Waals surface area contributed by atoms with E-state index in [9.17, 15) is 9.59 Å². The summed E-state index contributed by atoms with van der Waals surface area (Å²) in [6.07, 6.45) is 6.96. The van der Waals surface area contributed by atoms with Gasteiger partial charge in [-0.3, -0.25) is 9.59 Å². The Hall–Kier alpha value is -2.15. The number of carbonyl (C=O) groups excluding carboxylic acids is 2. The van der Waals surface area contributed by atoms with Gasteiger partial charge >= 0.3 is 0 Å². The lowest BCUT2D eigenvalue weighted by atomic mass is 9.63. The van der Waals surface area contributed by atoms with Crippen LogP contribution in [0.4, 0.5) is 0 Å². The predicted molar refractivity (Wildman–Crippen MR) is 101 cm³/mol. The van der Waals surface area contributed by atoms with Crippen LogP contribution in [-0.4, -0.2) is 37.3 Å². The first-order valence-corrected chi connectivity index (χ1v) is 9.86. The van der Waals surface area contributed by atoms with E-state index < -0.39 is 0 Å². The Morgan fingerprint density at radius 3 is 2.19 bits per heavy atom. The number of benzene rings is 1. The molecule has 1 aromatic carbocycles. The number of carbonyl (C=O) groups is 2. The highest BCUT2D eigenvalue weighted by atomic mass is 79.9. The molecule has 2 saturated carbocycles. The first kappa shape index (κ1) is 17.0. The molecule has 3 fully saturated rings. The van der Waals surface area contributed by atoms with Crippen molar-refractivity contribution in [3.8, 4) is 11.5 Å². The number of hydrogen-bond donors (Lipinski definition) is 0. The third-order valence-corrected chi connectivity index (χ3v) is 7.08. The third-order valence-electron chi connectivity index (χ3n) is 6.46. The molecule has 7 heteroatoms. The fraction of sp³-hybridized carbons (Fsp3) is 0.450. The molecule has 4 aliphatic carbocycles. The number of amides is 2. The molecule has 6 nitrogen and oxygen atoms in total. The smallest absolute Gasteiger partial charge is 0.254 e. The maximum atomic E-state index is 12.9. The summed E-state index contributed by atoms with van der Waals surface area (Å²) in [5.41, 5.74) is 0.657. The van der Waals surface area contributed by atoms with E-state index in [1.54, 1.807) is 26.4 Å². The van der Waals surface area contributed by atoms with Gasteiger partial charge in [-0.15, -0.1) is 0 Å². The van der Waals surface area contributed by atoms with Crippen molar-refractivity contribution in [2.45, 2.75) is 6.42 Å². The Morgan fingerprint density at radius 2 is 1.63 bits per heavy atom. The first-order chi connectivity index (χ1) is 13.0. The van der Waals surface area contributed by atoms with E-state index in [1.807, 2.05) is 0 Å². The van der Waals surface area contributed by atoms with Gasteiger partial charge in [-0.05, 0) is 52.1 Å². The van der Waals surface area contributed by atoms with E-state index in [1.165, 1.54) is 6.21 Å². The highest BCUT2D eigenvalue weighted by Crippen LogP contribution is 2.65. The topological polar surface area (TPSA) is 68.2 Å². The van der Waals surface area contributed by atoms with Gasteiger partial charge in [0.05, 0.1) is 36.7 Å². The molecule has 0 radical (unpaired) electrons. The molecule has 1 saturated heterocycles. The van der Waals surface area contributed by atoms with Crippen molar-refractivity contribution in [2.75, 3.05) is 14.2 Å². The predicted octanol–water partition coefficient (Wildman–Crippen LogP) is 2.85. The summed E-state index contributed by atoms with van der Waals surface area (Å²) in [5, 5.41) is 5.34. The van der Waals surface area contributed by atoms with Crippen molar-refractivity contribution in [3.63, 3.8) is 0 Å². The first-order valence-electron chi connectivity index (χ1n) is 9.06. The van der Waals surface area contributed by atoms with Gasteiger partial charge < -0.3 is 9.47 Å². The fourth-order valence-electron chi connectivity index (χ4n) is 5.16. The molecular formula is C20H19BrN2O4. The van der Waals surface area contributed by atoms with E-state index in [4.69, 9.17) is 9.47 Å². The van der Waals surface area contributed by atoms with Crippen molar-refractivity contribution in [1.29, 1.82) is 0 Å². The second-order valence-corrected chi connectivity index (χ2v) is 8.47. The Morgan fingerprint density at radius 1 is 1.04 bits per heavy atom. The van der Waals surface area contributed by atoms with Crippen LogP contribution in [0.1, 0.15) is 12.0 Å². The van der Waals surface area contributed by atoms with Crippen LogP contribution in [0, 0.1) is 35.5 Å². The van der Waals surface area contributed by atoms with Crippen molar-refractivity contribution in [1.82, 2.24) is 5.01 Å². The monoisotopic (exact) mass is 430 g/mol. The molecule has 0 spiro atoms. The lowest BCUT2D eigenvalue weighted by Gasteiger charge is -2.37. The molecule has 5 aliphatic rings. The molecule has 140 valence electrons. The molecule has 1 aliphatic heterocycles. The Labute approximate surface area is 165 Å². The maximum absolute atomic E-state index is 12.9. The van der Waals surface area contributed by atoms with Crippen molar-refractivity contribution >= 4 is 34.0 Å². The summed E-state index contributed by atoms with van der Waals surface area (Å²) in [4.78, 5) is 25.9. The summed E-state index contributed by atoms with van der Waals surface area (Å²) in [7, 11) is 3.12. The Kier molecular flexibility index (Phi) is 3.73. The molecule has 1 heterocycles. The van der Waals surface area contributed by atoms with Crippen LogP contribution >= 0.6 is 15.9 Å². The number of methoxy groups -OCH3 is 2. The Bertz CT molecular complexity index is 875. The second kappa shape index (κ2) is 5.92. The van der Waals surface area contributed by atoms with Gasteiger partial charge in [0, 0.05) is 11.6 Å². The number of hydrazone groups is 1. The zero-order valence-corrected chi connectivity index (χ0v) is 16.5. The largest absolute Gasteiger partial charge is 0.496 e. The molecule has 0 aromatic heterocycles. The van der Waals surface area contributed by atoms with Crippen LogP contribution in [0.3, 0.4) is 0 Å². The molecule has 6 atom stereocenters. The SMILES string of the molecule is COc1cc(OC)c(/C=N\N2C(=O)[C@@H]3[C@H]4C=C[C@H]([C@@H]5C[C@H]45)[C@@H]3C2=O)cc1Br. The summed E-state index contributed by atoms with van der Waals surface area (Å²) >= 11 is 3.44. The van der Waals surface area contributed by atoms with Gasteiger partial charge in [-0.25, -0.2) is 0 Å². The molecule has 0 unspecified atom stereocenters. The highest BCUT2D eigenvalue weighted by Gasteiger charge is 2.67. The standard InChI is InChI=1S/C20H19BrN2O4/c1-26-15-7-16(27-2)14(21)5-9(15)8-22-23-19(24)17-10-3-4-11(13-6-12(10)13)18(17)20(23)25/h3-5,7-8,10-13,17-18H,6H2,1-2H3/b22-8-/t10-,11+,12+,13-,17+,18-. The van der Waals surface area contributed by atoms with E-state index in [0.29, 0.717) is 28.9 Å². The number of ether oxygens (including phenoxy) is 2. The number of halogens is 1. The number of nitrogens with zero attached hydrogens (tertiary/aromatic N) is 2. The average molecular weight is 431 g/mol. The number of allylic oxidation sites excluding steroid dienone is 2. The van der Waals surface area contributed by atoms with Crippen LogP contribution in [0.25, 0.3) is 0 Å². The van der Waals surface area contributed by atoms with Crippen LogP contribution < -0.4 is 9.47 Å². The summed E-state index contributed by atoms with van der Waals surface area (Å²) in [6, 6.07) is 3.52. The summed E-state index contributed by atoms with van der Waals surface area (Å²) in [6.45, 7) is 0. The summed E-state index contributed by atoms with van der Waals surface area (Å²) < 4.78 is 11.4. The quantitative estimate of drug-likeness (QED) is 0.418. The molecule has 1 aromatic rings. The minimum atomic E-state index is -0.238. The molecule has 6 rings (SSSR count). The lowest BCUT2D eigenvalue weighted by molar-refractivity contribution is -0.140. The number of imide groups is 1. The normalized spacial score (nSPS) is 35.6. The van der Waals surface area contributed by atoms with Crippen LogP contribution in [0.5, 0.6) is 11.5 Å². The van der Waals surface area contributed by atoms with Gasteiger partial charge in [0.1, 0.15) is 11.5 Å². The molecule has 27 heavy (non-hydrogen) atoms. The Balaban J connectivity index is 1.45. The van der Waals surface area contributed by atoms with Crippen LogP contribution in [0.2, 0.25) is 0 Å². The zero-order valence-electron chi connectivity index (χ0n) is 15.0. The van der Waals surface area contributed by atoms with Gasteiger partial charge in [0.2, 0.25) is 0 Å². The third kappa shape index (κ3) is 2.33. The van der Waals surface area contributed by atoms with E-state index in [-0.39, 0.29) is 35.5 Å². The zero-order chi connectivity index (χ0) is 18.9. The van der Waals surface area contributed by atoms with Crippen molar-refractivity contribution in [2.24, 2.45) is 40.6 Å². The minimum absolute atomic E-state index is 0.169. The van der Waals surface area contributed by atoms with E-state index in [0.717, 1.165) is 15.9 Å². The fourth-order valence-corrected chi connectivity index (χ4v) is 5.68. The minimum Gasteiger partial charge on any atom is -0.496 e. The molecule has 2 amide bonds. The molecule has 0 N–H and O–H groups in total. The second-order valence-electron chi connectivity index (χ2n) is 7.62. The summed E-state index contributed by atoms with van der Waals surface area (Å²) in [5.74, 6) is 1.94. The number of hydrogen-bond acceptors (Lipinski definition) is 5. The maximum Gasteiger partial charge on any atom is 0.254 e. The lowest BCUT2D eigenvalue weighted by Crippen LogP contribution is -2.40. The van der Waals surface area contributed by atoms with Crippen LogP contribution in [0.15, 0.2) is 33.9 Å². The highest BCUT2D eigenvalue weighted by molar-refractivity contribution is 9.10. The van der Waals surface area contributed by atoms with Gasteiger partial charge in [-0.1, -0.05) is 12.2 Å². The van der Waals surface area contributed by atoms with Crippen LogP contribution in [-0.2, 0) is 9.59 Å². The van der Waals surface area contributed by atoms with Gasteiger partial charge in [-0.2, -0.15) is 10.1 Å².